The van der Waals surface area contributed by atoms with Crippen LogP contribution in [0.5, 0.6) is 0 Å². The molecular formula is C35H33N2O5PS. The quantitative estimate of drug-likeness (QED) is 0.0447. The van der Waals surface area contributed by atoms with Crippen LogP contribution >= 0.6 is 19.1 Å². The highest BCUT2D eigenvalue weighted by atomic mass is 32.1. The van der Waals surface area contributed by atoms with Crippen molar-refractivity contribution in [1.82, 2.24) is 4.90 Å². The Morgan fingerprint density at radius 3 is 1.70 bits per heavy atom. The van der Waals surface area contributed by atoms with Gasteiger partial charge in [-0.15, -0.1) is 0 Å². The minimum absolute atomic E-state index is 0.0271. The largest absolute Gasteiger partial charge is 0.455 e. The SMILES string of the molecule is CC(C)(C)OC(=O)C(N1C(=O)CC1CC(=S)c1ccc([N+](=O)[O-])cc1)=P(c1ccccc1)(c1ccccc1)c1ccccc1. The van der Waals surface area contributed by atoms with Crippen LogP contribution in [-0.4, -0.2) is 43.6 Å². The number of likely N-dealkylation sites (tertiary alicyclic amines) is 1. The van der Waals surface area contributed by atoms with Gasteiger partial charge in [-0.2, -0.15) is 0 Å². The smallest absolute Gasteiger partial charge is 0.356 e. The van der Waals surface area contributed by atoms with Crippen LogP contribution in [0.4, 0.5) is 5.69 Å². The summed E-state index contributed by atoms with van der Waals surface area (Å²) in [6.07, 6.45) is 0.515. The molecule has 7 nitrogen and oxygen atoms in total. The molecule has 0 bridgehead atoms. The Kier molecular flexibility index (Phi) is 8.95. The zero-order chi connectivity index (χ0) is 31.5. The molecule has 1 unspecified atom stereocenters. The third-order valence-corrected chi connectivity index (χ3v) is 12.1. The minimum Gasteiger partial charge on any atom is -0.455 e. The van der Waals surface area contributed by atoms with E-state index >= 15 is 0 Å². The molecule has 4 aromatic carbocycles. The average molecular weight is 625 g/mol. The number of carbonyl (C=O) groups is 2. The topological polar surface area (TPSA) is 89.8 Å². The summed E-state index contributed by atoms with van der Waals surface area (Å²) < 4.78 is 6.11. The minimum atomic E-state index is -3.01. The van der Waals surface area contributed by atoms with E-state index < -0.39 is 29.4 Å². The number of benzene rings is 4. The molecule has 0 aromatic heterocycles. The molecule has 0 aliphatic carbocycles. The van der Waals surface area contributed by atoms with E-state index in [1.165, 1.54) is 12.1 Å². The standard InChI is InChI=1S/C35H33N2O5PS/c1-35(2,3)42-34(39)33(36-27(24-32(36)38)23-31(44)25-19-21-26(22-20-25)37(40)41)43(28-13-7-4-8-14-28,29-15-9-5-10-16-29)30-17-11-6-12-18-30/h4-22,27H,23-24H2,1-3H3. The maximum absolute atomic E-state index is 14.6. The summed E-state index contributed by atoms with van der Waals surface area (Å²) in [7, 11) is 0. The van der Waals surface area contributed by atoms with Crippen LogP contribution in [-0.2, 0) is 14.3 Å². The summed E-state index contributed by atoms with van der Waals surface area (Å²) in [6, 6.07) is 35.2. The number of hydrogen-bond donors (Lipinski definition) is 0. The third-order valence-electron chi connectivity index (χ3n) is 7.42. The zero-order valence-electron chi connectivity index (χ0n) is 24.8. The van der Waals surface area contributed by atoms with Crippen molar-refractivity contribution < 1.29 is 19.2 Å². The van der Waals surface area contributed by atoms with Gasteiger partial charge in [0.2, 0.25) is 5.91 Å². The highest BCUT2D eigenvalue weighted by Gasteiger charge is 2.47. The maximum atomic E-state index is 14.6. The number of non-ortho nitro benzene ring substituents is 1. The summed E-state index contributed by atoms with van der Waals surface area (Å²) in [5.41, 5.74) is 0.128. The molecule has 0 radical (unpaired) electrons. The fraction of sp³-hybridized carbons (Fsp3) is 0.200. The molecule has 1 fully saturated rings. The molecule has 1 heterocycles. The first kappa shape index (κ1) is 31.0. The van der Waals surface area contributed by atoms with E-state index in [9.17, 15) is 19.7 Å². The summed E-state index contributed by atoms with van der Waals surface area (Å²) in [5.74, 6) is -0.740. The van der Waals surface area contributed by atoms with Crippen LogP contribution in [0.1, 0.15) is 39.2 Å². The number of nitrogens with zero attached hydrogens (tertiary/aromatic N) is 2. The Morgan fingerprint density at radius 1 is 0.864 bits per heavy atom. The molecule has 9 heteroatoms. The normalized spacial score (nSPS) is 14.8. The molecule has 0 N–H and O–H groups in total. The number of nitro groups is 1. The monoisotopic (exact) mass is 624 g/mol. The molecule has 0 spiro atoms. The molecule has 224 valence electrons. The Bertz CT molecular complexity index is 1650. The molecule has 1 saturated heterocycles. The van der Waals surface area contributed by atoms with Crippen molar-refractivity contribution in [3.63, 3.8) is 0 Å². The maximum Gasteiger partial charge on any atom is 0.356 e. The number of β-lactam (4-membered cyclic amide) rings is 1. The summed E-state index contributed by atoms with van der Waals surface area (Å²) in [6.45, 7) is 2.44. The summed E-state index contributed by atoms with van der Waals surface area (Å²) in [5, 5.41) is 13.9. The van der Waals surface area contributed by atoms with E-state index in [4.69, 9.17) is 17.0 Å². The van der Waals surface area contributed by atoms with E-state index in [2.05, 4.69) is 0 Å². The van der Waals surface area contributed by atoms with Crippen molar-refractivity contribution in [3.8, 4) is 0 Å². The second-order valence-corrected chi connectivity index (χ2v) is 15.4. The number of thiocarbonyl (C=S) groups is 1. The number of nitro benzene ring substituents is 1. The highest BCUT2D eigenvalue weighted by Crippen LogP contribution is 2.49. The second-order valence-electron chi connectivity index (χ2n) is 11.6. The predicted molar refractivity (Wildman–Crippen MR) is 181 cm³/mol. The van der Waals surface area contributed by atoms with E-state index in [0.717, 1.165) is 15.9 Å². The zero-order valence-corrected chi connectivity index (χ0v) is 26.5. The lowest BCUT2D eigenvalue weighted by atomic mass is 9.94. The number of carbonyl (C=O) groups excluding carboxylic acids is 2. The van der Waals surface area contributed by atoms with Gasteiger partial charge in [0.15, 0.2) is 0 Å². The van der Waals surface area contributed by atoms with Gasteiger partial charge in [-0.25, -0.2) is 4.79 Å². The van der Waals surface area contributed by atoms with Crippen LogP contribution < -0.4 is 15.9 Å². The average Bonchev–Trinajstić information content (AvgIpc) is 3.01. The number of esters is 1. The van der Waals surface area contributed by atoms with Gasteiger partial charge in [-0.1, -0.05) is 103 Å². The molecule has 44 heavy (non-hydrogen) atoms. The van der Waals surface area contributed by atoms with Gasteiger partial charge >= 0.3 is 5.97 Å². The number of ether oxygens (including phenoxy) is 1. The van der Waals surface area contributed by atoms with Crippen molar-refractivity contribution in [2.75, 3.05) is 0 Å². The molecule has 1 amide bonds. The third kappa shape index (κ3) is 6.14. The van der Waals surface area contributed by atoms with E-state index in [1.807, 2.05) is 112 Å². The summed E-state index contributed by atoms with van der Waals surface area (Å²) >= 11 is 5.79. The van der Waals surface area contributed by atoms with Gasteiger partial charge in [-0.3, -0.25) is 14.9 Å². The first-order valence-corrected chi connectivity index (χ1v) is 16.5. The number of rotatable bonds is 9. The molecule has 1 atom stereocenters. The Morgan fingerprint density at radius 2 is 1.32 bits per heavy atom. The lowest BCUT2D eigenvalue weighted by Crippen LogP contribution is -2.60. The highest BCUT2D eigenvalue weighted by molar-refractivity contribution is 7.96. The lowest BCUT2D eigenvalue weighted by molar-refractivity contribution is -0.384. The van der Waals surface area contributed by atoms with Crippen molar-refractivity contribution in [1.29, 1.82) is 0 Å². The van der Waals surface area contributed by atoms with Crippen LogP contribution in [0.15, 0.2) is 115 Å². The second kappa shape index (κ2) is 12.7. The fourth-order valence-electron chi connectivity index (χ4n) is 5.53. The molecule has 5 rings (SSSR count). The predicted octanol–water partition coefficient (Wildman–Crippen LogP) is 5.77. The molecule has 1 aliphatic rings. The lowest BCUT2D eigenvalue weighted by Gasteiger charge is -2.45. The van der Waals surface area contributed by atoms with Gasteiger partial charge in [0.1, 0.15) is 11.0 Å². The Hall–Kier alpha value is -4.39. The van der Waals surface area contributed by atoms with E-state index in [-0.39, 0.29) is 18.0 Å². The van der Waals surface area contributed by atoms with Crippen LogP contribution in [0.3, 0.4) is 0 Å². The van der Waals surface area contributed by atoms with E-state index in [1.54, 1.807) is 17.0 Å². The fourth-order valence-corrected chi connectivity index (χ4v) is 10.3. The first-order chi connectivity index (χ1) is 21.0. The number of amides is 1. The Labute approximate surface area is 262 Å². The van der Waals surface area contributed by atoms with Gasteiger partial charge in [0.25, 0.3) is 5.69 Å². The molecule has 1 aliphatic heterocycles. The summed E-state index contributed by atoms with van der Waals surface area (Å²) in [4.78, 5) is 41.2. The number of hydrogen-bond acceptors (Lipinski definition) is 6. The van der Waals surface area contributed by atoms with Crippen molar-refractivity contribution in [2.45, 2.75) is 45.3 Å². The van der Waals surface area contributed by atoms with Gasteiger partial charge in [0, 0.05) is 36.7 Å². The molecule has 0 saturated carbocycles. The van der Waals surface area contributed by atoms with Gasteiger partial charge < -0.3 is 9.64 Å². The van der Waals surface area contributed by atoms with Crippen LogP contribution in [0, 0.1) is 10.1 Å². The van der Waals surface area contributed by atoms with Crippen LogP contribution in [0.2, 0.25) is 0 Å². The Balaban J connectivity index is 1.77. The van der Waals surface area contributed by atoms with Crippen molar-refractivity contribution in [2.24, 2.45) is 0 Å². The van der Waals surface area contributed by atoms with Crippen molar-refractivity contribution in [3.05, 3.63) is 131 Å². The van der Waals surface area contributed by atoms with Gasteiger partial charge in [0.05, 0.1) is 11.0 Å². The van der Waals surface area contributed by atoms with Gasteiger partial charge in [-0.05, 0) is 54.4 Å². The molecular weight excluding hydrogens is 591 g/mol. The molecule has 4 aromatic rings. The van der Waals surface area contributed by atoms with Crippen LogP contribution in [0.25, 0.3) is 0 Å². The first-order valence-electron chi connectivity index (χ1n) is 14.3. The van der Waals surface area contributed by atoms with Crippen molar-refractivity contribution >= 4 is 62.9 Å². The van der Waals surface area contributed by atoms with E-state index in [0.29, 0.717) is 22.3 Å².